The third-order valence-electron chi connectivity index (χ3n) is 12.3. The number of hydrogen-bond donors (Lipinski definition) is 0. The molecule has 6 aliphatic rings. The Labute approximate surface area is 262 Å². The Morgan fingerprint density at radius 1 is 0.605 bits per heavy atom. The summed E-state index contributed by atoms with van der Waals surface area (Å²) in [5, 5.41) is 0.510. The fourth-order valence-corrected chi connectivity index (χ4v) is 16.9. The monoisotopic (exact) mass is 608 g/mol. The van der Waals surface area contributed by atoms with Crippen LogP contribution in [-0.2, 0) is 12.3 Å². The van der Waals surface area contributed by atoms with Crippen molar-refractivity contribution in [3.8, 4) is 0 Å². The quantitative estimate of drug-likeness (QED) is 0.214. The third kappa shape index (κ3) is 6.27. The fraction of sp³-hybridized carbons (Fsp3) is 0.590. The summed E-state index contributed by atoms with van der Waals surface area (Å²) < 4.78 is 0. The first kappa shape index (κ1) is 28.8. The average molecular weight is 609 g/mol. The van der Waals surface area contributed by atoms with E-state index in [1.165, 1.54) is 113 Å². The van der Waals surface area contributed by atoms with Crippen LogP contribution >= 0.6 is 15.8 Å². The molecule has 2 heterocycles. The Morgan fingerprint density at radius 2 is 1.16 bits per heavy atom. The van der Waals surface area contributed by atoms with Crippen molar-refractivity contribution in [2.45, 2.75) is 101 Å². The summed E-state index contributed by atoms with van der Waals surface area (Å²) in [4.78, 5) is 10.1. The summed E-state index contributed by atoms with van der Waals surface area (Å²) in [7, 11) is -0.659. The van der Waals surface area contributed by atoms with Gasteiger partial charge in [-0.15, -0.1) is 0 Å². The van der Waals surface area contributed by atoms with E-state index in [0.717, 1.165) is 35.5 Å². The molecule has 0 aliphatic heterocycles. The second kappa shape index (κ2) is 12.6. The highest BCUT2D eigenvalue weighted by Crippen LogP contribution is 2.69. The SMILES string of the molecule is c1ccc(P(CCC2CC3CCCC(C3)C2)Cc2ccccc2CP(c2ccccn2)C23CC4CC(CC(C4)C2)C3)nc1. The molecule has 0 N–H and O–H groups in total. The molecule has 6 saturated carbocycles. The normalized spacial score (nSPS) is 34.1. The van der Waals surface area contributed by atoms with E-state index in [2.05, 4.69) is 66.9 Å². The van der Waals surface area contributed by atoms with Crippen LogP contribution in [0.25, 0.3) is 0 Å². The molecular weight excluding hydrogens is 558 g/mol. The number of nitrogens with zero attached hydrogens (tertiary/aromatic N) is 2. The minimum atomic E-state index is -0.345. The van der Waals surface area contributed by atoms with Gasteiger partial charge in [-0.1, -0.05) is 63.6 Å². The van der Waals surface area contributed by atoms with E-state index in [-0.39, 0.29) is 15.8 Å². The molecule has 6 aliphatic carbocycles. The molecule has 2 aromatic heterocycles. The number of aromatic nitrogens is 2. The third-order valence-corrected chi connectivity index (χ3v) is 17.9. The lowest BCUT2D eigenvalue weighted by Crippen LogP contribution is -2.50. The summed E-state index contributed by atoms with van der Waals surface area (Å²) >= 11 is 0. The van der Waals surface area contributed by atoms with E-state index in [9.17, 15) is 0 Å². The van der Waals surface area contributed by atoms with Crippen molar-refractivity contribution in [1.82, 2.24) is 9.97 Å². The Kier molecular flexibility index (Phi) is 8.48. The summed E-state index contributed by atoms with van der Waals surface area (Å²) in [5.41, 5.74) is 6.01. The van der Waals surface area contributed by atoms with Gasteiger partial charge in [0.05, 0.1) is 10.9 Å². The minimum absolute atomic E-state index is 0.314. The minimum Gasteiger partial charge on any atom is -0.257 e. The maximum Gasteiger partial charge on any atom is 0.0639 e. The van der Waals surface area contributed by atoms with E-state index >= 15 is 0 Å². The fourth-order valence-electron chi connectivity index (χ4n) is 10.9. The number of pyridine rings is 2. The Morgan fingerprint density at radius 3 is 1.77 bits per heavy atom. The smallest absolute Gasteiger partial charge is 0.0639 e. The number of hydrogen-bond acceptors (Lipinski definition) is 2. The zero-order chi connectivity index (χ0) is 28.6. The molecule has 0 saturated heterocycles. The van der Waals surface area contributed by atoms with E-state index in [1.54, 1.807) is 11.1 Å². The van der Waals surface area contributed by atoms with Crippen LogP contribution in [-0.4, -0.2) is 21.3 Å². The molecule has 0 amide bonds. The Hall–Kier alpha value is -1.62. The molecule has 6 bridgehead atoms. The molecule has 4 atom stereocenters. The molecule has 4 heteroatoms. The van der Waals surface area contributed by atoms with E-state index in [1.807, 2.05) is 6.20 Å². The zero-order valence-electron chi connectivity index (χ0n) is 26.0. The number of benzene rings is 1. The van der Waals surface area contributed by atoms with Gasteiger partial charge in [-0.25, -0.2) is 0 Å². The highest BCUT2D eigenvalue weighted by Gasteiger charge is 2.54. The first-order chi connectivity index (χ1) is 21.2. The molecule has 4 unspecified atom stereocenters. The van der Waals surface area contributed by atoms with Crippen molar-refractivity contribution in [1.29, 1.82) is 0 Å². The van der Waals surface area contributed by atoms with Gasteiger partial charge in [-0.2, -0.15) is 0 Å². The molecule has 43 heavy (non-hydrogen) atoms. The van der Waals surface area contributed by atoms with Crippen LogP contribution in [0.15, 0.2) is 73.1 Å². The van der Waals surface area contributed by atoms with Crippen LogP contribution in [0.1, 0.15) is 94.6 Å². The van der Waals surface area contributed by atoms with Crippen LogP contribution in [0, 0.1) is 35.5 Å². The second-order valence-electron chi connectivity index (χ2n) is 15.3. The predicted molar refractivity (Wildman–Crippen MR) is 184 cm³/mol. The lowest BCUT2D eigenvalue weighted by molar-refractivity contribution is 0.0359. The molecule has 1 aromatic carbocycles. The van der Waals surface area contributed by atoms with Crippen LogP contribution < -0.4 is 10.9 Å². The standard InChI is InChI=1S/C39H50N2P2/c1-2-11-36(28-43(38-13-4-6-16-41-38)39-24-32-21-33(25-39)23-34(22-32)26-39)35(10-1)27-42(37-12-3-5-15-40-37)17-14-31-19-29-8-7-9-30(18-29)20-31/h1-6,10-13,15-16,29-34H,7-9,14,17-28H2. The first-order valence-corrected chi connectivity index (χ1v) is 20.8. The van der Waals surface area contributed by atoms with Crippen molar-refractivity contribution in [2.24, 2.45) is 35.5 Å². The van der Waals surface area contributed by atoms with Crippen molar-refractivity contribution in [3.05, 3.63) is 84.2 Å². The summed E-state index contributed by atoms with van der Waals surface area (Å²) in [6.45, 7) is 0. The lowest BCUT2D eigenvalue weighted by Gasteiger charge is -2.59. The van der Waals surface area contributed by atoms with Crippen molar-refractivity contribution in [3.63, 3.8) is 0 Å². The molecule has 9 rings (SSSR count). The number of rotatable bonds is 10. The van der Waals surface area contributed by atoms with Crippen LogP contribution in [0.2, 0.25) is 0 Å². The van der Waals surface area contributed by atoms with Crippen molar-refractivity contribution in [2.75, 3.05) is 6.16 Å². The van der Waals surface area contributed by atoms with E-state index in [4.69, 9.17) is 9.97 Å². The van der Waals surface area contributed by atoms with Crippen LogP contribution in [0.5, 0.6) is 0 Å². The summed E-state index contributed by atoms with van der Waals surface area (Å²) in [5.74, 6) is 5.93. The molecule has 0 spiro atoms. The molecule has 2 nitrogen and oxygen atoms in total. The highest BCUT2D eigenvalue weighted by atomic mass is 31.1. The van der Waals surface area contributed by atoms with E-state index in [0.29, 0.717) is 5.16 Å². The van der Waals surface area contributed by atoms with Gasteiger partial charge in [0.2, 0.25) is 0 Å². The topological polar surface area (TPSA) is 25.8 Å². The average Bonchev–Trinajstić information content (AvgIpc) is 3.02. The zero-order valence-corrected chi connectivity index (χ0v) is 27.8. The maximum absolute atomic E-state index is 5.10. The second-order valence-corrected chi connectivity index (χ2v) is 20.2. The van der Waals surface area contributed by atoms with Crippen molar-refractivity contribution < 1.29 is 0 Å². The van der Waals surface area contributed by atoms with Gasteiger partial charge in [0.15, 0.2) is 0 Å². The van der Waals surface area contributed by atoms with Gasteiger partial charge >= 0.3 is 0 Å². The van der Waals surface area contributed by atoms with Gasteiger partial charge in [-0.05, 0) is 167 Å². The molecule has 6 fully saturated rings. The van der Waals surface area contributed by atoms with Crippen LogP contribution in [0.3, 0.4) is 0 Å². The van der Waals surface area contributed by atoms with Gasteiger partial charge in [0.1, 0.15) is 0 Å². The molecular formula is C39H50N2P2. The highest BCUT2D eigenvalue weighted by molar-refractivity contribution is 7.66. The summed E-state index contributed by atoms with van der Waals surface area (Å²) in [6, 6.07) is 23.0. The van der Waals surface area contributed by atoms with Gasteiger partial charge < -0.3 is 0 Å². The van der Waals surface area contributed by atoms with E-state index < -0.39 is 0 Å². The molecule has 0 radical (unpaired) electrons. The van der Waals surface area contributed by atoms with Gasteiger partial charge in [0.25, 0.3) is 0 Å². The largest absolute Gasteiger partial charge is 0.257 e. The summed E-state index contributed by atoms with van der Waals surface area (Å²) in [6.07, 6.45) is 27.2. The Bertz CT molecular complexity index is 1310. The maximum atomic E-state index is 5.10. The van der Waals surface area contributed by atoms with Crippen LogP contribution in [0.4, 0.5) is 0 Å². The predicted octanol–water partition coefficient (Wildman–Crippen LogP) is 9.67. The Balaban J connectivity index is 1.06. The van der Waals surface area contributed by atoms with Gasteiger partial charge in [0, 0.05) is 12.4 Å². The lowest BCUT2D eigenvalue weighted by atomic mass is 9.56. The van der Waals surface area contributed by atoms with Gasteiger partial charge in [-0.3, -0.25) is 9.97 Å². The number of fused-ring (bicyclic) bond motifs is 2. The van der Waals surface area contributed by atoms with Crippen molar-refractivity contribution >= 4 is 26.7 Å². The first-order valence-electron chi connectivity index (χ1n) is 17.6. The molecule has 226 valence electrons. The molecule has 3 aromatic rings.